The fraction of sp³-hybridized carbons (Fsp3) is 0.227. The number of amides is 1. The van der Waals surface area contributed by atoms with Crippen LogP contribution in [0, 0.1) is 5.92 Å². The smallest absolute Gasteiger partial charge is 0.236 e. The summed E-state index contributed by atoms with van der Waals surface area (Å²) >= 11 is 6.11. The Morgan fingerprint density at radius 3 is 2.56 bits per heavy atom. The summed E-state index contributed by atoms with van der Waals surface area (Å²) in [6, 6.07) is 14.4. The number of sulfonamides is 1. The summed E-state index contributed by atoms with van der Waals surface area (Å²) in [6.07, 6.45) is 5.39. The van der Waals surface area contributed by atoms with Gasteiger partial charge in [0.25, 0.3) is 0 Å². The van der Waals surface area contributed by atoms with Gasteiger partial charge in [0, 0.05) is 29.4 Å². The number of carbonyl (C=O) groups excluding carboxylic acids is 1. The van der Waals surface area contributed by atoms with Gasteiger partial charge in [-0.05, 0) is 42.7 Å². The Morgan fingerprint density at radius 2 is 1.88 bits per heavy atom. The number of benzene rings is 2. The molecule has 32 heavy (non-hydrogen) atoms. The van der Waals surface area contributed by atoms with Crippen molar-refractivity contribution < 1.29 is 13.2 Å². The van der Waals surface area contributed by atoms with E-state index in [0.717, 1.165) is 5.56 Å². The number of rotatable bonds is 6. The normalized spacial score (nSPS) is 15.8. The second-order valence-corrected chi connectivity index (χ2v) is 9.68. The van der Waals surface area contributed by atoms with Crippen LogP contribution in [0.4, 0.5) is 5.69 Å². The van der Waals surface area contributed by atoms with Crippen LogP contribution in [-0.4, -0.2) is 46.5 Å². The highest BCUT2D eigenvalue weighted by atomic mass is 35.5. The summed E-state index contributed by atoms with van der Waals surface area (Å²) < 4.78 is 28.3. The fourth-order valence-electron chi connectivity index (χ4n) is 3.56. The summed E-state index contributed by atoms with van der Waals surface area (Å²) in [5.41, 5.74) is 1.98. The molecule has 0 radical (unpaired) electrons. The lowest BCUT2D eigenvalue weighted by Crippen LogP contribution is -2.40. The van der Waals surface area contributed by atoms with Crippen molar-refractivity contribution in [1.29, 1.82) is 0 Å². The zero-order valence-electron chi connectivity index (χ0n) is 17.1. The quantitative estimate of drug-likeness (QED) is 0.592. The Bertz CT molecular complexity index is 1210. The lowest BCUT2D eigenvalue weighted by molar-refractivity contribution is -0.120. The van der Waals surface area contributed by atoms with E-state index >= 15 is 0 Å². The molecule has 0 unspecified atom stereocenters. The minimum Gasteiger partial charge on any atom is -0.324 e. The number of anilines is 1. The van der Waals surface area contributed by atoms with Crippen molar-refractivity contribution in [3.63, 3.8) is 0 Å². The van der Waals surface area contributed by atoms with E-state index in [-0.39, 0.29) is 24.9 Å². The molecule has 166 valence electrons. The van der Waals surface area contributed by atoms with E-state index in [4.69, 9.17) is 11.6 Å². The maximum Gasteiger partial charge on any atom is 0.236 e. The third-order valence-electron chi connectivity index (χ3n) is 5.30. The van der Waals surface area contributed by atoms with Crippen LogP contribution in [0.1, 0.15) is 18.4 Å². The first-order valence-electron chi connectivity index (χ1n) is 10.1. The molecule has 1 aromatic heterocycles. The highest BCUT2D eigenvalue weighted by molar-refractivity contribution is 7.92. The topological polar surface area (TPSA) is 97.2 Å². The van der Waals surface area contributed by atoms with Gasteiger partial charge in [0.05, 0.1) is 11.4 Å². The number of piperidine rings is 1. The summed E-state index contributed by atoms with van der Waals surface area (Å²) in [4.78, 5) is 16.8. The first kappa shape index (κ1) is 22.2. The van der Waals surface area contributed by atoms with E-state index in [0.29, 0.717) is 29.2 Å². The molecule has 10 heteroatoms. The molecule has 0 bridgehead atoms. The first-order chi connectivity index (χ1) is 15.4. The molecule has 1 saturated heterocycles. The molecule has 2 aromatic carbocycles. The second-order valence-electron chi connectivity index (χ2n) is 7.42. The standard InChI is InChI=1S/C22H22ClN5O3S/c23-19-6-7-21(28-16-24-15-25-28)20(14-19)26-22(29)18-8-11-27(12-9-18)32(30,31)13-10-17-4-2-1-3-5-17/h1-7,10,13-16,18H,8-9,11-12H2,(H,26,29)/b13-10+. The van der Waals surface area contributed by atoms with Gasteiger partial charge in [0.1, 0.15) is 12.7 Å². The van der Waals surface area contributed by atoms with E-state index in [1.807, 2.05) is 30.3 Å². The molecule has 0 atom stereocenters. The number of carbonyl (C=O) groups is 1. The highest BCUT2D eigenvalue weighted by Gasteiger charge is 2.30. The maximum absolute atomic E-state index is 12.9. The maximum atomic E-state index is 12.9. The summed E-state index contributed by atoms with van der Waals surface area (Å²) in [5, 5.41) is 8.72. The van der Waals surface area contributed by atoms with Crippen molar-refractivity contribution in [2.45, 2.75) is 12.8 Å². The molecule has 0 saturated carbocycles. The lowest BCUT2D eigenvalue weighted by atomic mass is 9.97. The van der Waals surface area contributed by atoms with Crippen LogP contribution in [0.25, 0.3) is 11.8 Å². The van der Waals surface area contributed by atoms with E-state index in [2.05, 4.69) is 15.4 Å². The van der Waals surface area contributed by atoms with Crippen LogP contribution in [0.2, 0.25) is 5.02 Å². The molecular formula is C22H22ClN5O3S. The van der Waals surface area contributed by atoms with Gasteiger partial charge in [-0.1, -0.05) is 41.9 Å². The Kier molecular flexibility index (Phi) is 6.69. The molecule has 8 nitrogen and oxygen atoms in total. The predicted octanol–water partition coefficient (Wildman–Crippen LogP) is 3.57. The van der Waals surface area contributed by atoms with Crippen LogP contribution >= 0.6 is 11.6 Å². The molecule has 1 fully saturated rings. The average molecular weight is 472 g/mol. The van der Waals surface area contributed by atoms with Crippen molar-refractivity contribution in [1.82, 2.24) is 19.1 Å². The van der Waals surface area contributed by atoms with E-state index < -0.39 is 10.0 Å². The number of hydrogen-bond donors (Lipinski definition) is 1. The van der Waals surface area contributed by atoms with Crippen LogP contribution in [0.3, 0.4) is 0 Å². The zero-order chi connectivity index (χ0) is 22.6. The molecule has 1 aliphatic rings. The van der Waals surface area contributed by atoms with Crippen LogP contribution < -0.4 is 5.32 Å². The monoisotopic (exact) mass is 471 g/mol. The van der Waals surface area contributed by atoms with E-state index in [9.17, 15) is 13.2 Å². The molecule has 3 aromatic rings. The predicted molar refractivity (Wildman–Crippen MR) is 124 cm³/mol. The average Bonchev–Trinajstić information content (AvgIpc) is 3.33. The summed E-state index contributed by atoms with van der Waals surface area (Å²) in [6.45, 7) is 0.566. The van der Waals surface area contributed by atoms with E-state index in [1.165, 1.54) is 22.4 Å². The molecule has 1 N–H and O–H groups in total. The highest BCUT2D eigenvalue weighted by Crippen LogP contribution is 2.27. The SMILES string of the molecule is O=C(Nc1cc(Cl)ccc1-n1cncn1)C1CCN(S(=O)(=O)/C=C/c2ccccc2)CC1. The summed E-state index contributed by atoms with van der Waals surface area (Å²) in [5.74, 6) is -0.479. The van der Waals surface area contributed by atoms with Crippen molar-refractivity contribution in [2.24, 2.45) is 5.92 Å². The van der Waals surface area contributed by atoms with Gasteiger partial charge >= 0.3 is 0 Å². The van der Waals surface area contributed by atoms with Crippen LogP contribution in [0.5, 0.6) is 0 Å². The zero-order valence-corrected chi connectivity index (χ0v) is 18.7. The van der Waals surface area contributed by atoms with Crippen molar-refractivity contribution in [3.05, 3.63) is 77.2 Å². The number of aromatic nitrogens is 3. The Balaban J connectivity index is 1.39. The van der Waals surface area contributed by atoms with Gasteiger partial charge in [-0.25, -0.2) is 18.1 Å². The third-order valence-corrected chi connectivity index (χ3v) is 7.10. The van der Waals surface area contributed by atoms with Gasteiger partial charge in [-0.15, -0.1) is 0 Å². The van der Waals surface area contributed by atoms with Crippen molar-refractivity contribution in [3.8, 4) is 5.69 Å². The van der Waals surface area contributed by atoms with Gasteiger partial charge in [-0.3, -0.25) is 4.79 Å². The number of nitrogens with zero attached hydrogens (tertiary/aromatic N) is 4. The lowest BCUT2D eigenvalue weighted by Gasteiger charge is -2.29. The molecule has 4 rings (SSSR count). The third kappa shape index (κ3) is 5.24. The van der Waals surface area contributed by atoms with Crippen LogP contribution in [0.15, 0.2) is 66.6 Å². The van der Waals surface area contributed by atoms with Gasteiger partial charge in [0.15, 0.2) is 0 Å². The first-order valence-corrected chi connectivity index (χ1v) is 12.0. The fourth-order valence-corrected chi connectivity index (χ4v) is 4.96. The largest absolute Gasteiger partial charge is 0.324 e. The molecular weight excluding hydrogens is 450 g/mol. The second kappa shape index (κ2) is 9.64. The number of nitrogens with one attached hydrogen (secondary N) is 1. The van der Waals surface area contributed by atoms with Crippen LogP contribution in [-0.2, 0) is 14.8 Å². The Morgan fingerprint density at radius 1 is 1.12 bits per heavy atom. The summed E-state index contributed by atoms with van der Waals surface area (Å²) in [7, 11) is -3.55. The van der Waals surface area contributed by atoms with Gasteiger partial charge in [0.2, 0.25) is 15.9 Å². The molecule has 1 aliphatic heterocycles. The molecule has 0 aliphatic carbocycles. The minimum atomic E-state index is -3.55. The van der Waals surface area contributed by atoms with Crippen molar-refractivity contribution >= 4 is 39.3 Å². The Labute approximate surface area is 191 Å². The minimum absolute atomic E-state index is 0.175. The molecule has 0 spiro atoms. The van der Waals surface area contributed by atoms with Gasteiger partial charge < -0.3 is 5.32 Å². The molecule has 1 amide bonds. The van der Waals surface area contributed by atoms with Crippen molar-refractivity contribution in [2.75, 3.05) is 18.4 Å². The number of hydrogen-bond acceptors (Lipinski definition) is 5. The molecule has 2 heterocycles. The Hall–Kier alpha value is -3.01. The van der Waals surface area contributed by atoms with E-state index in [1.54, 1.807) is 29.0 Å². The van der Waals surface area contributed by atoms with Gasteiger partial charge in [-0.2, -0.15) is 9.40 Å². The number of halogens is 1.